The van der Waals surface area contributed by atoms with Gasteiger partial charge in [-0.3, -0.25) is 0 Å². The molecule has 0 amide bonds. The van der Waals surface area contributed by atoms with Crippen molar-refractivity contribution in [3.63, 3.8) is 0 Å². The number of para-hydroxylation sites is 1. The van der Waals surface area contributed by atoms with Crippen molar-refractivity contribution in [2.75, 3.05) is 7.11 Å². The van der Waals surface area contributed by atoms with Crippen LogP contribution in [0, 0.1) is 0 Å². The number of hydrogen-bond acceptors (Lipinski definition) is 4. The van der Waals surface area contributed by atoms with E-state index >= 15 is 0 Å². The van der Waals surface area contributed by atoms with Gasteiger partial charge in [0.15, 0.2) is 0 Å². The normalized spacial score (nSPS) is 10.4. The summed E-state index contributed by atoms with van der Waals surface area (Å²) in [6.45, 7) is -0.294. The maximum absolute atomic E-state index is 11.5. The van der Waals surface area contributed by atoms with Crippen LogP contribution >= 0.6 is 0 Å². The van der Waals surface area contributed by atoms with Crippen molar-refractivity contribution in [3.8, 4) is 0 Å². The second-order valence-electron chi connectivity index (χ2n) is 3.55. The molecule has 2 aromatic rings. The summed E-state index contributed by atoms with van der Waals surface area (Å²) < 4.78 is 6.10. The summed E-state index contributed by atoms with van der Waals surface area (Å²) in [5, 5.41) is 11.3. The number of carbonyl (C=O) groups excluding carboxylic acids is 2. The van der Waals surface area contributed by atoms with E-state index in [2.05, 4.69) is 4.74 Å². The molecule has 0 aliphatic rings. The lowest BCUT2D eigenvalue weighted by Crippen LogP contribution is -2.27. The summed E-state index contributed by atoms with van der Waals surface area (Å²) in [7, 11) is 1.28. The van der Waals surface area contributed by atoms with Crippen molar-refractivity contribution < 1.29 is 19.4 Å². The maximum atomic E-state index is 11.5. The molecule has 0 saturated heterocycles. The van der Waals surface area contributed by atoms with E-state index in [0.717, 1.165) is 0 Å². The van der Waals surface area contributed by atoms with Gasteiger partial charge in [0.25, 0.3) is 0 Å². The molecule has 2 rings (SSSR count). The number of aromatic nitrogens is 1. The molecule has 0 atom stereocenters. The van der Waals surface area contributed by atoms with Crippen LogP contribution in [0.2, 0.25) is 0 Å². The number of nitrogens with zero attached hydrogens (tertiary/aromatic N) is 1. The van der Waals surface area contributed by atoms with Gasteiger partial charge in [-0.25, -0.2) is 4.79 Å². The van der Waals surface area contributed by atoms with Gasteiger partial charge < -0.3 is 19.2 Å². The molecule has 0 spiro atoms. The van der Waals surface area contributed by atoms with Gasteiger partial charge in [0.05, 0.1) is 25.2 Å². The summed E-state index contributed by atoms with van der Waals surface area (Å²) in [5.74, 6) is -1.69. The fraction of sp³-hybridized carbons (Fsp3) is 0.167. The molecule has 0 N–H and O–H groups in total. The maximum Gasteiger partial charge on any atom is 0.340 e. The van der Waals surface area contributed by atoms with Gasteiger partial charge in [-0.15, -0.1) is 0 Å². The van der Waals surface area contributed by atoms with Crippen LogP contribution in [0.25, 0.3) is 10.9 Å². The quantitative estimate of drug-likeness (QED) is 0.707. The zero-order chi connectivity index (χ0) is 12.4. The number of carboxylic acid groups (broad SMARTS) is 1. The zero-order valence-corrected chi connectivity index (χ0v) is 9.17. The van der Waals surface area contributed by atoms with E-state index in [-0.39, 0.29) is 6.54 Å². The van der Waals surface area contributed by atoms with Crippen LogP contribution in [0.4, 0.5) is 0 Å². The van der Waals surface area contributed by atoms with E-state index in [0.29, 0.717) is 16.5 Å². The molecule has 0 fully saturated rings. The molecular weight excluding hydrogens is 222 g/mol. The first-order chi connectivity index (χ1) is 8.13. The fourth-order valence-electron chi connectivity index (χ4n) is 1.79. The Morgan fingerprint density at radius 2 is 2.06 bits per heavy atom. The lowest BCUT2D eigenvalue weighted by Gasteiger charge is -2.04. The predicted molar refractivity (Wildman–Crippen MR) is 58.3 cm³/mol. The molecule has 5 heteroatoms. The minimum Gasteiger partial charge on any atom is -0.548 e. The average Bonchev–Trinajstić information content (AvgIpc) is 2.67. The standard InChI is InChI=1S/C12H11NO4/c1-17-12(16)9-6-13(7-11(14)15)10-5-3-2-4-8(9)10/h2-6H,7H2,1H3,(H,14,15)/p-1. The highest BCUT2D eigenvalue weighted by Crippen LogP contribution is 2.21. The molecule has 17 heavy (non-hydrogen) atoms. The lowest BCUT2D eigenvalue weighted by molar-refractivity contribution is -0.306. The Labute approximate surface area is 97.2 Å². The van der Waals surface area contributed by atoms with Gasteiger partial charge in [0.1, 0.15) is 0 Å². The number of rotatable bonds is 3. The molecule has 0 aliphatic carbocycles. The zero-order valence-electron chi connectivity index (χ0n) is 9.17. The van der Waals surface area contributed by atoms with Crippen molar-refractivity contribution in [1.29, 1.82) is 0 Å². The number of benzene rings is 1. The smallest absolute Gasteiger partial charge is 0.340 e. The van der Waals surface area contributed by atoms with Gasteiger partial charge >= 0.3 is 5.97 Å². The third-order valence-corrected chi connectivity index (χ3v) is 2.49. The molecule has 0 bridgehead atoms. The van der Waals surface area contributed by atoms with Crippen molar-refractivity contribution in [3.05, 3.63) is 36.0 Å². The number of aliphatic carboxylic acids is 1. The molecule has 1 aromatic carbocycles. The van der Waals surface area contributed by atoms with E-state index in [1.54, 1.807) is 24.3 Å². The van der Waals surface area contributed by atoms with Gasteiger partial charge in [0, 0.05) is 17.1 Å². The van der Waals surface area contributed by atoms with E-state index in [1.807, 2.05) is 0 Å². The van der Waals surface area contributed by atoms with Gasteiger partial charge in [-0.1, -0.05) is 18.2 Å². The van der Waals surface area contributed by atoms with Crippen LogP contribution in [0.5, 0.6) is 0 Å². The van der Waals surface area contributed by atoms with Crippen LogP contribution in [0.1, 0.15) is 10.4 Å². The van der Waals surface area contributed by atoms with E-state index in [1.165, 1.54) is 17.9 Å². The van der Waals surface area contributed by atoms with Gasteiger partial charge in [0.2, 0.25) is 0 Å². The SMILES string of the molecule is COC(=O)c1cn(CC(=O)[O-])c2ccccc12. The van der Waals surface area contributed by atoms with Gasteiger partial charge in [-0.2, -0.15) is 0 Å². The second-order valence-corrected chi connectivity index (χ2v) is 3.55. The summed E-state index contributed by atoms with van der Waals surface area (Å²) in [6, 6.07) is 7.03. The number of methoxy groups -OCH3 is 1. The van der Waals surface area contributed by atoms with Crippen LogP contribution in [0.3, 0.4) is 0 Å². The van der Waals surface area contributed by atoms with Crippen LogP contribution < -0.4 is 5.11 Å². The molecule has 0 saturated carbocycles. The summed E-state index contributed by atoms with van der Waals surface area (Å²) in [4.78, 5) is 22.1. The summed E-state index contributed by atoms with van der Waals surface area (Å²) >= 11 is 0. The predicted octanol–water partition coefficient (Wildman–Crippen LogP) is 0.178. The summed E-state index contributed by atoms with van der Waals surface area (Å²) in [5.41, 5.74) is 1.02. The average molecular weight is 232 g/mol. The highest BCUT2D eigenvalue weighted by molar-refractivity contribution is 6.04. The molecule has 0 unspecified atom stereocenters. The topological polar surface area (TPSA) is 71.4 Å². The minimum atomic E-state index is -1.21. The van der Waals surface area contributed by atoms with Crippen LogP contribution in [-0.2, 0) is 16.1 Å². The second kappa shape index (κ2) is 4.29. The van der Waals surface area contributed by atoms with Crippen LogP contribution in [-0.4, -0.2) is 23.6 Å². The highest BCUT2D eigenvalue weighted by atomic mass is 16.5. The number of hydrogen-bond donors (Lipinski definition) is 0. The molecule has 1 aromatic heterocycles. The van der Waals surface area contributed by atoms with E-state index in [4.69, 9.17) is 0 Å². The number of fused-ring (bicyclic) bond motifs is 1. The van der Waals surface area contributed by atoms with Crippen molar-refractivity contribution >= 4 is 22.8 Å². The largest absolute Gasteiger partial charge is 0.548 e. The Morgan fingerprint density at radius 1 is 1.35 bits per heavy atom. The Balaban J connectivity index is 2.62. The number of carboxylic acids is 1. The Hall–Kier alpha value is -2.30. The van der Waals surface area contributed by atoms with Crippen molar-refractivity contribution in [1.82, 2.24) is 4.57 Å². The Bertz CT molecular complexity index is 585. The first-order valence-electron chi connectivity index (χ1n) is 4.99. The molecule has 88 valence electrons. The third kappa shape index (κ3) is 1.99. The fourth-order valence-corrected chi connectivity index (χ4v) is 1.79. The van der Waals surface area contributed by atoms with E-state index in [9.17, 15) is 14.7 Å². The van der Waals surface area contributed by atoms with Crippen LogP contribution in [0.15, 0.2) is 30.5 Å². The number of ether oxygens (including phenoxy) is 1. The monoisotopic (exact) mass is 232 g/mol. The third-order valence-electron chi connectivity index (χ3n) is 2.49. The minimum absolute atomic E-state index is 0.294. The van der Waals surface area contributed by atoms with E-state index < -0.39 is 11.9 Å². The molecule has 0 radical (unpaired) electrons. The first kappa shape index (κ1) is 11.2. The van der Waals surface area contributed by atoms with Crippen molar-refractivity contribution in [2.24, 2.45) is 0 Å². The molecule has 5 nitrogen and oxygen atoms in total. The number of carbonyl (C=O) groups is 2. The van der Waals surface area contributed by atoms with Gasteiger partial charge in [-0.05, 0) is 6.07 Å². The summed E-state index contributed by atoms with van der Waals surface area (Å²) in [6.07, 6.45) is 1.46. The lowest BCUT2D eigenvalue weighted by atomic mass is 10.2. The highest BCUT2D eigenvalue weighted by Gasteiger charge is 2.14. The molecular formula is C12H10NO4-. The molecule has 1 heterocycles. The van der Waals surface area contributed by atoms with Crippen molar-refractivity contribution in [2.45, 2.75) is 6.54 Å². The molecule has 0 aliphatic heterocycles. The Kier molecular flexibility index (Phi) is 2.82. The first-order valence-corrected chi connectivity index (χ1v) is 4.99. The number of esters is 1. The Morgan fingerprint density at radius 3 is 2.71 bits per heavy atom.